The number of benzene rings is 1. The maximum atomic E-state index is 12.0. The molecule has 1 amide bonds. The van der Waals surface area contributed by atoms with Crippen LogP contribution in [0, 0.1) is 19.8 Å². The van der Waals surface area contributed by atoms with Gasteiger partial charge in [-0.25, -0.2) is 4.98 Å². The van der Waals surface area contributed by atoms with Gasteiger partial charge in [0.1, 0.15) is 5.65 Å². The average Bonchev–Trinajstić information content (AvgIpc) is 2.95. The van der Waals surface area contributed by atoms with Crippen molar-refractivity contribution >= 4 is 17.2 Å². The van der Waals surface area contributed by atoms with Gasteiger partial charge >= 0.3 is 0 Å². The molecule has 0 aliphatic carbocycles. The Morgan fingerprint density at radius 1 is 1.17 bits per heavy atom. The van der Waals surface area contributed by atoms with E-state index in [4.69, 9.17) is 4.98 Å². The smallest absolute Gasteiger partial charge is 0.226 e. The predicted octanol–water partition coefficient (Wildman–Crippen LogP) is 4.21. The second kappa shape index (κ2) is 5.88. The molecule has 0 saturated heterocycles. The van der Waals surface area contributed by atoms with Crippen LogP contribution in [0.25, 0.3) is 16.9 Å². The zero-order valence-corrected chi connectivity index (χ0v) is 13.9. The van der Waals surface area contributed by atoms with Crippen LogP contribution in [0.15, 0.2) is 42.7 Å². The number of hydrogen-bond acceptors (Lipinski definition) is 2. The fourth-order valence-electron chi connectivity index (χ4n) is 2.49. The van der Waals surface area contributed by atoms with Gasteiger partial charge in [-0.15, -0.1) is 0 Å². The Morgan fingerprint density at radius 2 is 1.96 bits per heavy atom. The van der Waals surface area contributed by atoms with Gasteiger partial charge in [-0.2, -0.15) is 0 Å². The Balaban J connectivity index is 2.02. The number of rotatable bonds is 3. The molecule has 0 atom stereocenters. The third-order valence-corrected chi connectivity index (χ3v) is 3.99. The van der Waals surface area contributed by atoms with Crippen molar-refractivity contribution < 1.29 is 4.79 Å². The molecule has 3 aromatic rings. The molecule has 0 spiro atoms. The number of aryl methyl sites for hydroxylation is 2. The van der Waals surface area contributed by atoms with E-state index >= 15 is 0 Å². The number of pyridine rings is 1. The number of carbonyl (C=O) groups excluding carboxylic acids is 1. The summed E-state index contributed by atoms with van der Waals surface area (Å²) in [6, 6.07) is 10.1. The minimum Gasteiger partial charge on any atom is -0.326 e. The average molecular weight is 307 g/mol. The molecule has 0 fully saturated rings. The molecule has 3 rings (SSSR count). The zero-order chi connectivity index (χ0) is 16.6. The third kappa shape index (κ3) is 2.97. The summed E-state index contributed by atoms with van der Waals surface area (Å²) < 4.78 is 2.02. The van der Waals surface area contributed by atoms with Gasteiger partial charge in [0.15, 0.2) is 0 Å². The van der Waals surface area contributed by atoms with E-state index in [0.29, 0.717) is 0 Å². The summed E-state index contributed by atoms with van der Waals surface area (Å²) in [7, 11) is 0. The van der Waals surface area contributed by atoms with E-state index in [-0.39, 0.29) is 11.8 Å². The maximum absolute atomic E-state index is 12.0. The fraction of sp³-hybridized carbons (Fsp3) is 0.263. The SMILES string of the molecule is Cc1ccc(-c2cn3cccc(C)c3n2)cc1NC(=O)C(C)C. The first-order valence-electron chi connectivity index (χ1n) is 7.82. The molecule has 118 valence electrons. The Hall–Kier alpha value is -2.62. The molecule has 2 aromatic heterocycles. The Labute approximate surface area is 136 Å². The summed E-state index contributed by atoms with van der Waals surface area (Å²) in [5.41, 5.74) is 5.88. The van der Waals surface area contributed by atoms with Crippen molar-refractivity contribution in [2.45, 2.75) is 27.7 Å². The molecule has 0 saturated carbocycles. The van der Waals surface area contributed by atoms with Gasteiger partial charge in [0.2, 0.25) is 5.91 Å². The minimum atomic E-state index is -0.0455. The van der Waals surface area contributed by atoms with Crippen molar-refractivity contribution in [1.82, 2.24) is 9.38 Å². The number of hydrogen-bond donors (Lipinski definition) is 1. The summed E-state index contributed by atoms with van der Waals surface area (Å²) in [4.78, 5) is 16.7. The van der Waals surface area contributed by atoms with Crippen molar-refractivity contribution in [3.63, 3.8) is 0 Å². The molecule has 1 aromatic carbocycles. The standard InChI is InChI=1S/C19H21N3O/c1-12(2)19(23)21-16-10-15(8-7-13(16)3)17-11-22-9-5-6-14(4)18(22)20-17/h5-12H,1-4H3,(H,21,23). The van der Waals surface area contributed by atoms with Crippen molar-refractivity contribution in [2.75, 3.05) is 5.32 Å². The molecule has 2 heterocycles. The third-order valence-electron chi connectivity index (χ3n) is 3.99. The lowest BCUT2D eigenvalue weighted by molar-refractivity contribution is -0.118. The summed E-state index contributed by atoms with van der Waals surface area (Å²) in [6.07, 6.45) is 4.01. The number of imidazole rings is 1. The van der Waals surface area contributed by atoms with E-state index < -0.39 is 0 Å². The largest absolute Gasteiger partial charge is 0.326 e. The van der Waals surface area contributed by atoms with Crippen molar-refractivity contribution in [3.05, 3.63) is 53.9 Å². The normalized spacial score (nSPS) is 11.2. The number of nitrogens with one attached hydrogen (secondary N) is 1. The zero-order valence-electron chi connectivity index (χ0n) is 13.9. The van der Waals surface area contributed by atoms with Gasteiger partial charge in [0.05, 0.1) is 5.69 Å². The van der Waals surface area contributed by atoms with E-state index in [9.17, 15) is 4.79 Å². The molecule has 4 nitrogen and oxygen atoms in total. The molecule has 4 heteroatoms. The van der Waals surface area contributed by atoms with Gasteiger partial charge in [-0.05, 0) is 37.1 Å². The van der Waals surface area contributed by atoms with Gasteiger partial charge in [0, 0.05) is 29.6 Å². The summed E-state index contributed by atoms with van der Waals surface area (Å²) in [5, 5.41) is 2.99. The molecule has 1 N–H and O–H groups in total. The van der Waals surface area contributed by atoms with Crippen molar-refractivity contribution in [3.8, 4) is 11.3 Å². The van der Waals surface area contributed by atoms with E-state index in [2.05, 4.69) is 18.3 Å². The fourth-order valence-corrected chi connectivity index (χ4v) is 2.49. The van der Waals surface area contributed by atoms with E-state index in [1.807, 2.05) is 61.8 Å². The molecule has 23 heavy (non-hydrogen) atoms. The Kier molecular flexibility index (Phi) is 3.90. The molecule has 0 aliphatic rings. The first kappa shape index (κ1) is 15.3. The Morgan fingerprint density at radius 3 is 2.65 bits per heavy atom. The topological polar surface area (TPSA) is 46.4 Å². The lowest BCUT2D eigenvalue weighted by Gasteiger charge is -2.11. The quantitative estimate of drug-likeness (QED) is 0.787. The van der Waals surface area contributed by atoms with Crippen molar-refractivity contribution in [1.29, 1.82) is 0 Å². The molecule has 0 bridgehead atoms. The second-order valence-corrected chi connectivity index (χ2v) is 6.22. The van der Waals surface area contributed by atoms with Crippen LogP contribution in [0.5, 0.6) is 0 Å². The van der Waals surface area contributed by atoms with Crippen LogP contribution in [-0.4, -0.2) is 15.3 Å². The highest BCUT2D eigenvalue weighted by molar-refractivity contribution is 5.93. The minimum absolute atomic E-state index is 0.0242. The second-order valence-electron chi connectivity index (χ2n) is 6.22. The number of fused-ring (bicyclic) bond motifs is 1. The number of carbonyl (C=O) groups is 1. The van der Waals surface area contributed by atoms with Crippen LogP contribution in [0.3, 0.4) is 0 Å². The maximum Gasteiger partial charge on any atom is 0.226 e. The number of amides is 1. The highest BCUT2D eigenvalue weighted by Gasteiger charge is 2.11. The van der Waals surface area contributed by atoms with Gasteiger partial charge < -0.3 is 9.72 Å². The predicted molar refractivity (Wildman–Crippen MR) is 93.6 cm³/mol. The molecule has 0 unspecified atom stereocenters. The number of nitrogens with zero attached hydrogens (tertiary/aromatic N) is 2. The van der Waals surface area contributed by atoms with E-state index in [1.165, 1.54) is 0 Å². The highest BCUT2D eigenvalue weighted by atomic mass is 16.1. The lowest BCUT2D eigenvalue weighted by atomic mass is 10.1. The van der Waals surface area contributed by atoms with Gasteiger partial charge in [-0.1, -0.05) is 32.0 Å². The summed E-state index contributed by atoms with van der Waals surface area (Å²) in [5.74, 6) is -0.0213. The first-order valence-corrected chi connectivity index (χ1v) is 7.82. The summed E-state index contributed by atoms with van der Waals surface area (Å²) in [6.45, 7) is 7.82. The van der Waals surface area contributed by atoms with E-state index in [0.717, 1.165) is 33.7 Å². The molecule has 0 radical (unpaired) electrons. The van der Waals surface area contributed by atoms with Crippen LogP contribution in [0.1, 0.15) is 25.0 Å². The molecular weight excluding hydrogens is 286 g/mol. The van der Waals surface area contributed by atoms with Crippen LogP contribution in [0.2, 0.25) is 0 Å². The number of aromatic nitrogens is 2. The van der Waals surface area contributed by atoms with Crippen LogP contribution in [0.4, 0.5) is 5.69 Å². The summed E-state index contributed by atoms with van der Waals surface area (Å²) >= 11 is 0. The van der Waals surface area contributed by atoms with Gasteiger partial charge in [-0.3, -0.25) is 4.79 Å². The van der Waals surface area contributed by atoms with Crippen LogP contribution >= 0.6 is 0 Å². The van der Waals surface area contributed by atoms with Gasteiger partial charge in [0.25, 0.3) is 0 Å². The van der Waals surface area contributed by atoms with Crippen LogP contribution < -0.4 is 5.32 Å². The lowest BCUT2D eigenvalue weighted by Crippen LogP contribution is -2.18. The van der Waals surface area contributed by atoms with Crippen molar-refractivity contribution in [2.24, 2.45) is 5.92 Å². The highest BCUT2D eigenvalue weighted by Crippen LogP contribution is 2.26. The first-order chi connectivity index (χ1) is 11.0. The number of anilines is 1. The monoisotopic (exact) mass is 307 g/mol. The molecule has 0 aliphatic heterocycles. The van der Waals surface area contributed by atoms with Crippen LogP contribution in [-0.2, 0) is 4.79 Å². The Bertz CT molecular complexity index is 877. The molecular formula is C19H21N3O. The van der Waals surface area contributed by atoms with E-state index in [1.54, 1.807) is 0 Å².